The molecule has 0 aromatic heterocycles. The molecule has 0 aliphatic heterocycles. The molecular weight excluding hydrogens is 240 g/mol. The average molecular weight is 264 g/mol. The summed E-state index contributed by atoms with van der Waals surface area (Å²) < 4.78 is 5.46. The third-order valence-corrected chi connectivity index (χ3v) is 3.46. The van der Waals surface area contributed by atoms with Gasteiger partial charge >= 0.3 is 5.97 Å². The Bertz CT molecular complexity index is 376. The van der Waals surface area contributed by atoms with Crippen LogP contribution in [0.15, 0.2) is 24.3 Å². The number of hydrogen-bond acceptors (Lipinski definition) is 2. The van der Waals surface area contributed by atoms with E-state index >= 15 is 0 Å². The molecule has 0 heterocycles. The van der Waals surface area contributed by atoms with E-state index in [1.54, 1.807) is 0 Å². The Morgan fingerprint density at radius 3 is 2.22 bits per heavy atom. The predicted octanol–water partition coefficient (Wildman–Crippen LogP) is 4.41. The lowest BCUT2D eigenvalue weighted by Crippen LogP contribution is -2.29. The smallest absolute Gasteiger partial charge is 0.324 e. The van der Waals surface area contributed by atoms with Crippen molar-refractivity contribution in [2.45, 2.75) is 52.2 Å². The Morgan fingerprint density at radius 2 is 1.72 bits per heavy atom. The molecule has 100 valence electrons. The standard InChI is InChI=1S/C15H24O2Si/c1-5-6-7-8-13-9-11-14(12-10-13)15(16)17-18(2,3)4/h9-12H,5-8H2,1-4H3. The van der Waals surface area contributed by atoms with Gasteiger partial charge in [0.15, 0.2) is 0 Å². The molecule has 0 saturated carbocycles. The fourth-order valence-corrected chi connectivity index (χ4v) is 2.40. The van der Waals surface area contributed by atoms with Gasteiger partial charge in [-0.3, -0.25) is 0 Å². The van der Waals surface area contributed by atoms with Crippen LogP contribution in [0.1, 0.15) is 42.1 Å². The minimum atomic E-state index is -1.79. The molecule has 0 aliphatic carbocycles. The SMILES string of the molecule is CCCCCc1ccc(C(=O)O[Si](C)(C)C)cc1. The number of rotatable bonds is 6. The molecule has 0 N–H and O–H groups in total. The van der Waals surface area contributed by atoms with E-state index in [2.05, 4.69) is 6.92 Å². The van der Waals surface area contributed by atoms with Crippen LogP contribution in [0.2, 0.25) is 19.6 Å². The highest BCUT2D eigenvalue weighted by atomic mass is 28.4. The Labute approximate surface area is 111 Å². The lowest BCUT2D eigenvalue weighted by molar-refractivity contribution is 0.0724. The van der Waals surface area contributed by atoms with Crippen molar-refractivity contribution in [2.24, 2.45) is 0 Å². The highest BCUT2D eigenvalue weighted by molar-refractivity contribution is 6.71. The number of hydrogen-bond donors (Lipinski definition) is 0. The maximum atomic E-state index is 11.8. The first kappa shape index (κ1) is 15.0. The van der Waals surface area contributed by atoms with Gasteiger partial charge in [0.05, 0.1) is 5.56 Å². The van der Waals surface area contributed by atoms with Crippen LogP contribution < -0.4 is 0 Å². The van der Waals surface area contributed by atoms with Crippen LogP contribution in [0, 0.1) is 0 Å². The summed E-state index contributed by atoms with van der Waals surface area (Å²) in [5.74, 6) is -0.186. The van der Waals surface area contributed by atoms with Crippen molar-refractivity contribution in [2.75, 3.05) is 0 Å². The van der Waals surface area contributed by atoms with Gasteiger partial charge in [0.1, 0.15) is 0 Å². The highest BCUT2D eigenvalue weighted by Gasteiger charge is 2.20. The minimum Gasteiger partial charge on any atom is -0.516 e. The lowest BCUT2D eigenvalue weighted by atomic mass is 10.1. The van der Waals surface area contributed by atoms with E-state index < -0.39 is 8.32 Å². The quantitative estimate of drug-likeness (QED) is 0.562. The summed E-state index contributed by atoms with van der Waals surface area (Å²) in [6.07, 6.45) is 4.81. The van der Waals surface area contributed by atoms with Crippen LogP contribution in [0.4, 0.5) is 0 Å². The Hall–Kier alpha value is -1.09. The number of aryl methyl sites for hydroxylation is 1. The van der Waals surface area contributed by atoms with Gasteiger partial charge in [-0.25, -0.2) is 4.79 Å². The molecule has 0 radical (unpaired) electrons. The molecule has 2 nitrogen and oxygen atoms in total. The number of benzene rings is 1. The van der Waals surface area contributed by atoms with E-state index in [1.165, 1.54) is 24.8 Å². The van der Waals surface area contributed by atoms with E-state index in [0.717, 1.165) is 6.42 Å². The number of carbonyl (C=O) groups excluding carboxylic acids is 1. The van der Waals surface area contributed by atoms with Crippen molar-refractivity contribution in [3.8, 4) is 0 Å². The van der Waals surface area contributed by atoms with Gasteiger partial charge in [-0.05, 0) is 50.2 Å². The molecule has 0 fully saturated rings. The van der Waals surface area contributed by atoms with Gasteiger partial charge < -0.3 is 4.43 Å². The fourth-order valence-electron chi connectivity index (χ4n) is 1.72. The molecule has 0 atom stereocenters. The number of carbonyl (C=O) groups is 1. The van der Waals surface area contributed by atoms with E-state index in [1.807, 2.05) is 43.9 Å². The predicted molar refractivity (Wildman–Crippen MR) is 78.4 cm³/mol. The first-order valence-corrected chi connectivity index (χ1v) is 10.2. The zero-order valence-corrected chi connectivity index (χ0v) is 13.0. The highest BCUT2D eigenvalue weighted by Crippen LogP contribution is 2.12. The van der Waals surface area contributed by atoms with Crippen LogP contribution in [0.25, 0.3) is 0 Å². The van der Waals surface area contributed by atoms with Gasteiger partial charge in [0, 0.05) is 0 Å². The second-order valence-corrected chi connectivity index (χ2v) is 10.1. The summed E-state index contributed by atoms with van der Waals surface area (Å²) in [5.41, 5.74) is 1.96. The first-order valence-electron chi connectivity index (χ1n) is 6.74. The van der Waals surface area contributed by atoms with Crippen LogP contribution in [-0.2, 0) is 10.8 Å². The summed E-state index contributed by atoms with van der Waals surface area (Å²) in [4.78, 5) is 11.8. The normalized spacial score (nSPS) is 11.3. The molecule has 1 aromatic carbocycles. The van der Waals surface area contributed by atoms with Gasteiger partial charge in [-0.15, -0.1) is 0 Å². The third kappa shape index (κ3) is 5.49. The molecule has 0 aliphatic rings. The largest absolute Gasteiger partial charge is 0.516 e. The fraction of sp³-hybridized carbons (Fsp3) is 0.533. The first-order chi connectivity index (χ1) is 8.42. The molecule has 0 saturated heterocycles. The summed E-state index contributed by atoms with van der Waals surface area (Å²) in [5, 5.41) is 0. The van der Waals surface area contributed by atoms with Crippen molar-refractivity contribution in [1.82, 2.24) is 0 Å². The molecular formula is C15H24O2Si. The molecule has 1 aromatic rings. The van der Waals surface area contributed by atoms with Crippen molar-refractivity contribution in [3.05, 3.63) is 35.4 Å². The van der Waals surface area contributed by atoms with Gasteiger partial charge in [0.25, 0.3) is 0 Å². The molecule has 18 heavy (non-hydrogen) atoms. The zero-order chi connectivity index (χ0) is 13.6. The zero-order valence-electron chi connectivity index (χ0n) is 12.0. The lowest BCUT2D eigenvalue weighted by Gasteiger charge is -2.17. The summed E-state index contributed by atoms with van der Waals surface area (Å²) in [6.45, 7) is 8.26. The monoisotopic (exact) mass is 264 g/mol. The van der Waals surface area contributed by atoms with Gasteiger partial charge in [-0.2, -0.15) is 0 Å². The molecule has 0 spiro atoms. The third-order valence-electron chi connectivity index (χ3n) is 2.66. The molecule has 1 rings (SSSR count). The van der Waals surface area contributed by atoms with Crippen molar-refractivity contribution >= 4 is 14.3 Å². The van der Waals surface area contributed by atoms with Crippen molar-refractivity contribution in [3.63, 3.8) is 0 Å². The second-order valence-electron chi connectivity index (χ2n) is 5.66. The Kier molecular flexibility index (Phi) is 5.60. The van der Waals surface area contributed by atoms with E-state index in [4.69, 9.17) is 4.43 Å². The van der Waals surface area contributed by atoms with Crippen molar-refractivity contribution < 1.29 is 9.22 Å². The van der Waals surface area contributed by atoms with Crippen LogP contribution in [-0.4, -0.2) is 14.3 Å². The second kappa shape index (κ2) is 6.74. The van der Waals surface area contributed by atoms with E-state index in [9.17, 15) is 4.79 Å². The van der Waals surface area contributed by atoms with Gasteiger partial charge in [0.2, 0.25) is 8.32 Å². The van der Waals surface area contributed by atoms with Crippen LogP contribution in [0.5, 0.6) is 0 Å². The molecule has 0 amide bonds. The van der Waals surface area contributed by atoms with Crippen molar-refractivity contribution in [1.29, 1.82) is 0 Å². The summed E-state index contributed by atoms with van der Waals surface area (Å²) in [7, 11) is -1.79. The summed E-state index contributed by atoms with van der Waals surface area (Å²) >= 11 is 0. The van der Waals surface area contributed by atoms with Crippen LogP contribution >= 0.6 is 0 Å². The maximum absolute atomic E-state index is 11.8. The molecule has 0 bridgehead atoms. The molecule has 3 heteroatoms. The topological polar surface area (TPSA) is 26.3 Å². The average Bonchev–Trinajstić information content (AvgIpc) is 2.28. The Morgan fingerprint density at radius 1 is 1.11 bits per heavy atom. The summed E-state index contributed by atoms with van der Waals surface area (Å²) in [6, 6.07) is 7.83. The minimum absolute atomic E-state index is 0.186. The van der Waals surface area contributed by atoms with E-state index in [-0.39, 0.29) is 5.97 Å². The Balaban J connectivity index is 2.57. The van der Waals surface area contributed by atoms with Gasteiger partial charge in [-0.1, -0.05) is 31.9 Å². The molecule has 0 unspecified atom stereocenters. The van der Waals surface area contributed by atoms with Crippen LogP contribution in [0.3, 0.4) is 0 Å². The van der Waals surface area contributed by atoms with E-state index in [0.29, 0.717) is 5.56 Å². The maximum Gasteiger partial charge on any atom is 0.324 e. The number of unbranched alkanes of at least 4 members (excludes halogenated alkanes) is 2.